The standard InChI is InChI=1S/C34H22F6N6O10S2/c35-33(36,37)55-23-13-15(9-11-21(23)43-45-27-25(41)17-5-1-3-7-19(17)31(29(27)47)57(49,50)51)16-10-12-22(24(14-16)56-34(38,39)40)44-46-28-26(42)18-6-2-4-8-20(18)32(30(28)48)58(52,53)54/h1-14,47-48H,41-42H2,(H,49,50,51)(H,52,53,54). The zero-order chi connectivity index (χ0) is 42.5. The zero-order valence-electron chi connectivity index (χ0n) is 28.3. The quantitative estimate of drug-likeness (QED) is 0.0344. The summed E-state index contributed by atoms with van der Waals surface area (Å²) in [4.78, 5) is -2.04. The summed E-state index contributed by atoms with van der Waals surface area (Å²) < 4.78 is 158. The largest absolute Gasteiger partial charge is 0.573 e. The number of azo groups is 2. The molecule has 0 bridgehead atoms. The van der Waals surface area contributed by atoms with Crippen molar-refractivity contribution in [3.8, 4) is 34.1 Å². The van der Waals surface area contributed by atoms with Gasteiger partial charge in [-0.15, -0.1) is 46.8 Å². The molecule has 8 N–H and O–H groups in total. The first-order valence-electron chi connectivity index (χ1n) is 15.6. The van der Waals surface area contributed by atoms with Crippen LogP contribution in [0.3, 0.4) is 0 Å². The van der Waals surface area contributed by atoms with Gasteiger partial charge in [0, 0.05) is 21.5 Å². The number of nitrogens with zero attached hydrogens (tertiary/aromatic N) is 4. The molecule has 0 atom stereocenters. The molecular formula is C34H22F6N6O10S2. The highest BCUT2D eigenvalue weighted by Gasteiger charge is 2.34. The van der Waals surface area contributed by atoms with Gasteiger partial charge in [-0.25, -0.2) is 0 Å². The number of phenols is 2. The highest BCUT2D eigenvalue weighted by Crippen LogP contribution is 2.49. The molecule has 24 heteroatoms. The molecule has 0 aliphatic rings. The third kappa shape index (κ3) is 8.34. The van der Waals surface area contributed by atoms with Crippen LogP contribution in [0.15, 0.2) is 115 Å². The predicted octanol–water partition coefficient (Wildman–Crippen LogP) is 9.36. The van der Waals surface area contributed by atoms with Crippen LogP contribution in [-0.4, -0.2) is 48.9 Å². The van der Waals surface area contributed by atoms with E-state index in [4.69, 9.17) is 11.5 Å². The lowest BCUT2D eigenvalue weighted by Gasteiger charge is -2.15. The van der Waals surface area contributed by atoms with Gasteiger partial charge in [0.1, 0.15) is 21.2 Å². The van der Waals surface area contributed by atoms with Crippen LogP contribution >= 0.6 is 0 Å². The average Bonchev–Trinajstić information content (AvgIpc) is 3.10. The highest BCUT2D eigenvalue weighted by molar-refractivity contribution is 7.86. The minimum Gasteiger partial charge on any atom is -0.504 e. The molecule has 0 fully saturated rings. The van der Waals surface area contributed by atoms with E-state index in [1.807, 2.05) is 0 Å². The van der Waals surface area contributed by atoms with E-state index in [9.17, 15) is 62.5 Å². The molecule has 302 valence electrons. The summed E-state index contributed by atoms with van der Waals surface area (Å²) in [5.41, 5.74) is 7.91. The molecule has 0 radical (unpaired) electrons. The Kier molecular flexibility index (Phi) is 10.3. The number of ether oxygens (including phenoxy) is 2. The van der Waals surface area contributed by atoms with Crippen LogP contribution in [0, 0.1) is 0 Å². The number of phenolic OH excluding ortho intramolecular Hbond substituents is 2. The summed E-state index contributed by atoms with van der Waals surface area (Å²) in [6, 6.07) is 15.8. The second-order valence-electron chi connectivity index (χ2n) is 11.8. The molecule has 0 aliphatic carbocycles. The van der Waals surface area contributed by atoms with Gasteiger partial charge >= 0.3 is 12.7 Å². The van der Waals surface area contributed by atoms with Gasteiger partial charge in [0.25, 0.3) is 20.2 Å². The summed E-state index contributed by atoms with van der Waals surface area (Å²) in [6.45, 7) is 0. The molecule has 0 amide bonds. The number of hydrogen-bond acceptors (Lipinski definition) is 14. The molecular weight excluding hydrogens is 831 g/mol. The predicted molar refractivity (Wildman–Crippen MR) is 193 cm³/mol. The van der Waals surface area contributed by atoms with Gasteiger partial charge in [-0.2, -0.15) is 16.8 Å². The fraction of sp³-hybridized carbons (Fsp3) is 0.0588. The van der Waals surface area contributed by atoms with Gasteiger partial charge in [0.05, 0.1) is 11.4 Å². The Morgan fingerprint density at radius 2 is 0.845 bits per heavy atom. The summed E-state index contributed by atoms with van der Waals surface area (Å²) in [7, 11) is -10.3. The maximum Gasteiger partial charge on any atom is 0.573 e. The number of nitrogens with two attached hydrogens (primary N) is 2. The van der Waals surface area contributed by atoms with Crippen LogP contribution in [0.2, 0.25) is 0 Å². The Hall–Kier alpha value is -6.76. The monoisotopic (exact) mass is 852 g/mol. The van der Waals surface area contributed by atoms with Crippen molar-refractivity contribution in [3.63, 3.8) is 0 Å². The van der Waals surface area contributed by atoms with Gasteiger partial charge in [-0.1, -0.05) is 60.7 Å². The lowest BCUT2D eigenvalue weighted by molar-refractivity contribution is -0.275. The topological polar surface area (TPSA) is 269 Å². The summed E-state index contributed by atoms with van der Waals surface area (Å²) >= 11 is 0. The van der Waals surface area contributed by atoms with Gasteiger partial charge < -0.3 is 31.2 Å². The smallest absolute Gasteiger partial charge is 0.504 e. The second-order valence-corrected chi connectivity index (χ2v) is 14.5. The van der Waals surface area contributed by atoms with E-state index >= 15 is 0 Å². The van der Waals surface area contributed by atoms with Crippen LogP contribution in [0.25, 0.3) is 32.7 Å². The van der Waals surface area contributed by atoms with Crippen molar-refractivity contribution < 1.29 is 72.0 Å². The van der Waals surface area contributed by atoms with E-state index in [2.05, 4.69) is 29.9 Å². The lowest BCUT2D eigenvalue weighted by Crippen LogP contribution is -2.17. The van der Waals surface area contributed by atoms with Crippen molar-refractivity contribution in [1.82, 2.24) is 0 Å². The van der Waals surface area contributed by atoms with Gasteiger partial charge in [-0.05, 0) is 35.4 Å². The molecule has 6 rings (SSSR count). The Bertz CT molecular complexity index is 2750. The second kappa shape index (κ2) is 14.6. The summed E-state index contributed by atoms with van der Waals surface area (Å²) in [5.74, 6) is -4.57. The van der Waals surface area contributed by atoms with Crippen LogP contribution in [-0.2, 0) is 20.2 Å². The molecule has 0 saturated heterocycles. The van der Waals surface area contributed by atoms with E-state index in [0.717, 1.165) is 24.3 Å². The van der Waals surface area contributed by atoms with E-state index in [0.29, 0.717) is 12.1 Å². The Morgan fingerprint density at radius 3 is 1.16 bits per heavy atom. The van der Waals surface area contributed by atoms with Crippen LogP contribution in [0.4, 0.5) is 60.5 Å². The Morgan fingerprint density at radius 1 is 0.517 bits per heavy atom. The molecule has 0 unspecified atom stereocenters. The molecule has 0 aromatic heterocycles. The maximum atomic E-state index is 13.6. The molecule has 0 spiro atoms. The Labute approximate surface area is 320 Å². The number of fused-ring (bicyclic) bond motifs is 2. The minimum absolute atomic E-state index is 0.0377. The fourth-order valence-electron chi connectivity index (χ4n) is 5.71. The summed E-state index contributed by atoms with van der Waals surface area (Å²) in [5, 5.41) is 35.5. The minimum atomic E-state index is -5.38. The first kappa shape index (κ1) is 40.9. The number of halogens is 6. The fourth-order valence-corrected chi connectivity index (χ4v) is 7.30. The number of alkyl halides is 6. The lowest BCUT2D eigenvalue weighted by atomic mass is 10.0. The molecule has 58 heavy (non-hydrogen) atoms. The van der Waals surface area contributed by atoms with Crippen molar-refractivity contribution in [3.05, 3.63) is 84.9 Å². The van der Waals surface area contributed by atoms with E-state index in [1.165, 1.54) is 48.5 Å². The van der Waals surface area contributed by atoms with Gasteiger partial charge in [-0.3, -0.25) is 9.11 Å². The highest BCUT2D eigenvalue weighted by atomic mass is 32.2. The third-order valence-electron chi connectivity index (χ3n) is 8.05. The Balaban J connectivity index is 1.45. The first-order valence-corrected chi connectivity index (χ1v) is 18.5. The SMILES string of the molecule is Nc1c(N=Nc2ccc(-c3ccc(N=Nc4c(O)c(S(=O)(=O)O)c5ccccc5c4N)c(OC(F)(F)F)c3)cc2OC(F)(F)F)c(O)c(S(=O)(=O)O)c2ccccc12. The molecule has 16 nitrogen and oxygen atoms in total. The first-order chi connectivity index (χ1) is 26.9. The average molecular weight is 853 g/mol. The van der Waals surface area contributed by atoms with Crippen molar-refractivity contribution in [2.24, 2.45) is 20.5 Å². The number of hydrogen-bond donors (Lipinski definition) is 6. The van der Waals surface area contributed by atoms with Crippen molar-refractivity contribution >= 4 is 75.9 Å². The summed E-state index contributed by atoms with van der Waals surface area (Å²) in [6.07, 6.45) is -10.8. The molecule has 0 heterocycles. The van der Waals surface area contributed by atoms with Crippen LogP contribution in [0.5, 0.6) is 23.0 Å². The van der Waals surface area contributed by atoms with Crippen molar-refractivity contribution in [2.75, 3.05) is 11.5 Å². The van der Waals surface area contributed by atoms with Crippen LogP contribution < -0.4 is 20.9 Å². The third-order valence-corrected chi connectivity index (χ3v) is 9.91. The number of aromatic hydroxyl groups is 2. The molecule has 0 aliphatic heterocycles. The van der Waals surface area contributed by atoms with Crippen molar-refractivity contribution in [2.45, 2.75) is 22.5 Å². The zero-order valence-corrected chi connectivity index (χ0v) is 30.0. The van der Waals surface area contributed by atoms with E-state index in [-0.39, 0.29) is 44.0 Å². The number of anilines is 2. The number of benzene rings is 6. The maximum absolute atomic E-state index is 13.6. The molecule has 6 aromatic rings. The van der Waals surface area contributed by atoms with Gasteiger partial charge in [0.2, 0.25) is 0 Å². The molecule has 6 aromatic carbocycles. The van der Waals surface area contributed by atoms with E-state index in [1.54, 1.807) is 0 Å². The van der Waals surface area contributed by atoms with Gasteiger partial charge in [0.15, 0.2) is 34.4 Å². The van der Waals surface area contributed by atoms with E-state index < -0.39 is 88.5 Å². The normalized spacial score (nSPS) is 12.9. The van der Waals surface area contributed by atoms with Crippen LogP contribution in [0.1, 0.15) is 0 Å². The number of rotatable bonds is 9. The molecule has 0 saturated carbocycles. The number of nitrogen functional groups attached to an aromatic ring is 2. The van der Waals surface area contributed by atoms with Crippen molar-refractivity contribution in [1.29, 1.82) is 0 Å².